The molecule has 2 N–H and O–H groups in total. The Hall–Kier alpha value is -3.35. The fraction of sp³-hybridized carbons (Fsp3) is 0.286. The van der Waals surface area contributed by atoms with Gasteiger partial charge in [-0.25, -0.2) is 9.59 Å². The van der Waals surface area contributed by atoms with Crippen molar-refractivity contribution in [2.45, 2.75) is 32.0 Å². The van der Waals surface area contributed by atoms with Crippen molar-refractivity contribution in [3.05, 3.63) is 71.8 Å². The Bertz CT molecular complexity index is 780. The molecule has 28 heavy (non-hydrogen) atoms. The van der Waals surface area contributed by atoms with Gasteiger partial charge in [0.2, 0.25) is 5.91 Å². The van der Waals surface area contributed by atoms with Gasteiger partial charge in [0.05, 0.1) is 7.11 Å². The van der Waals surface area contributed by atoms with Crippen molar-refractivity contribution in [2.75, 3.05) is 7.11 Å². The largest absolute Gasteiger partial charge is 0.467 e. The molecule has 0 fully saturated rings. The van der Waals surface area contributed by atoms with E-state index in [1.54, 1.807) is 0 Å². The minimum Gasteiger partial charge on any atom is -0.467 e. The van der Waals surface area contributed by atoms with Crippen LogP contribution in [-0.2, 0) is 32.1 Å². The number of benzene rings is 2. The Kier molecular flexibility index (Phi) is 8.02. The molecular weight excluding hydrogens is 360 g/mol. The van der Waals surface area contributed by atoms with Crippen LogP contribution in [0, 0.1) is 0 Å². The summed E-state index contributed by atoms with van der Waals surface area (Å²) in [6.45, 7) is 1.60. The van der Waals surface area contributed by atoms with Crippen LogP contribution in [0.4, 0.5) is 4.79 Å². The Labute approximate surface area is 164 Å². The Morgan fingerprint density at radius 2 is 1.46 bits per heavy atom. The van der Waals surface area contributed by atoms with Gasteiger partial charge in [-0.05, 0) is 18.1 Å². The predicted octanol–water partition coefficient (Wildman–Crippen LogP) is 2.20. The molecule has 2 aromatic carbocycles. The number of carbonyl (C=O) groups is 3. The van der Waals surface area contributed by atoms with Crippen molar-refractivity contribution in [1.82, 2.24) is 10.6 Å². The predicted molar refractivity (Wildman–Crippen MR) is 103 cm³/mol. The lowest BCUT2D eigenvalue weighted by Crippen LogP contribution is -2.52. The van der Waals surface area contributed by atoms with Crippen molar-refractivity contribution in [2.24, 2.45) is 0 Å². The molecule has 0 heterocycles. The minimum atomic E-state index is -0.905. The Morgan fingerprint density at radius 1 is 0.893 bits per heavy atom. The first kappa shape index (κ1) is 21.0. The van der Waals surface area contributed by atoms with Crippen molar-refractivity contribution < 1.29 is 23.9 Å². The quantitative estimate of drug-likeness (QED) is 0.681. The van der Waals surface area contributed by atoms with Gasteiger partial charge in [0.15, 0.2) is 0 Å². The SMILES string of the molecule is COC(=O)[C@@H](C)NC(=O)[C@H](Cc1ccccc1)NC(=O)OCc1ccccc1. The highest BCUT2D eigenvalue weighted by Crippen LogP contribution is 2.06. The molecule has 0 aromatic heterocycles. The van der Waals surface area contributed by atoms with Gasteiger partial charge in [-0.2, -0.15) is 0 Å². The normalized spacial score (nSPS) is 12.4. The summed E-state index contributed by atoms with van der Waals surface area (Å²) in [7, 11) is 1.24. The van der Waals surface area contributed by atoms with Gasteiger partial charge in [0.1, 0.15) is 18.7 Å². The number of hydrogen-bond acceptors (Lipinski definition) is 5. The van der Waals surface area contributed by atoms with Crippen molar-refractivity contribution in [3.8, 4) is 0 Å². The zero-order chi connectivity index (χ0) is 20.4. The van der Waals surface area contributed by atoms with Gasteiger partial charge in [0, 0.05) is 6.42 Å². The molecule has 2 amide bonds. The summed E-state index contributed by atoms with van der Waals surface area (Å²) in [4.78, 5) is 36.4. The lowest BCUT2D eigenvalue weighted by Gasteiger charge is -2.20. The number of esters is 1. The first-order valence-electron chi connectivity index (χ1n) is 8.89. The topological polar surface area (TPSA) is 93.7 Å². The first-order chi connectivity index (χ1) is 13.5. The lowest BCUT2D eigenvalue weighted by molar-refractivity contribution is -0.144. The second-order valence-electron chi connectivity index (χ2n) is 6.20. The number of alkyl carbamates (subject to hydrolysis) is 1. The Morgan fingerprint density at radius 3 is 2.04 bits per heavy atom. The van der Waals surface area contributed by atoms with Gasteiger partial charge in [-0.15, -0.1) is 0 Å². The summed E-state index contributed by atoms with van der Waals surface area (Å²) < 4.78 is 9.81. The highest BCUT2D eigenvalue weighted by molar-refractivity contribution is 5.89. The number of methoxy groups -OCH3 is 1. The summed E-state index contributed by atoms with van der Waals surface area (Å²) in [5.41, 5.74) is 1.69. The number of amides is 2. The van der Waals surface area contributed by atoms with Crippen LogP contribution in [0.15, 0.2) is 60.7 Å². The van der Waals surface area contributed by atoms with Crippen LogP contribution in [-0.4, -0.2) is 37.2 Å². The molecular formula is C21H24N2O5. The van der Waals surface area contributed by atoms with Crippen LogP contribution < -0.4 is 10.6 Å². The molecule has 0 spiro atoms. The fourth-order valence-electron chi connectivity index (χ4n) is 2.52. The summed E-state index contributed by atoms with van der Waals surface area (Å²) >= 11 is 0. The molecule has 2 atom stereocenters. The molecule has 0 radical (unpaired) electrons. The average molecular weight is 384 g/mol. The monoisotopic (exact) mass is 384 g/mol. The van der Waals surface area contributed by atoms with Gasteiger partial charge in [-0.3, -0.25) is 4.79 Å². The smallest absolute Gasteiger partial charge is 0.408 e. The molecule has 148 valence electrons. The zero-order valence-electron chi connectivity index (χ0n) is 15.9. The molecule has 2 rings (SSSR count). The lowest BCUT2D eigenvalue weighted by atomic mass is 10.1. The van der Waals surface area contributed by atoms with Gasteiger partial charge < -0.3 is 20.1 Å². The highest BCUT2D eigenvalue weighted by Gasteiger charge is 2.25. The van der Waals surface area contributed by atoms with Gasteiger partial charge in [0.25, 0.3) is 0 Å². The maximum absolute atomic E-state index is 12.6. The van der Waals surface area contributed by atoms with E-state index < -0.39 is 30.1 Å². The number of rotatable bonds is 8. The maximum atomic E-state index is 12.6. The van der Waals surface area contributed by atoms with Crippen molar-refractivity contribution >= 4 is 18.0 Å². The second-order valence-corrected chi connectivity index (χ2v) is 6.20. The molecule has 0 saturated heterocycles. The number of ether oxygens (including phenoxy) is 2. The standard InChI is InChI=1S/C21H24N2O5/c1-15(20(25)27-2)22-19(24)18(13-16-9-5-3-6-10-16)23-21(26)28-14-17-11-7-4-8-12-17/h3-12,15,18H,13-14H2,1-2H3,(H,22,24)(H,23,26)/t15-,18+/m1/s1. The molecule has 2 aromatic rings. The van der Waals surface area contributed by atoms with Crippen molar-refractivity contribution in [3.63, 3.8) is 0 Å². The molecule has 0 unspecified atom stereocenters. The van der Waals surface area contributed by atoms with E-state index in [4.69, 9.17) is 4.74 Å². The molecule has 7 heteroatoms. The summed E-state index contributed by atoms with van der Waals surface area (Å²) in [5.74, 6) is -1.07. The van der Waals surface area contributed by atoms with E-state index in [-0.39, 0.29) is 13.0 Å². The molecule has 0 aliphatic heterocycles. The van der Waals surface area contributed by atoms with Gasteiger partial charge >= 0.3 is 12.1 Å². The van der Waals surface area contributed by atoms with E-state index >= 15 is 0 Å². The van der Waals surface area contributed by atoms with Crippen LogP contribution in [0.2, 0.25) is 0 Å². The van der Waals surface area contributed by atoms with Crippen LogP contribution in [0.1, 0.15) is 18.1 Å². The second kappa shape index (κ2) is 10.7. The van der Waals surface area contributed by atoms with E-state index in [1.165, 1.54) is 14.0 Å². The van der Waals surface area contributed by atoms with E-state index in [9.17, 15) is 14.4 Å². The number of hydrogen-bond donors (Lipinski definition) is 2. The molecule has 0 saturated carbocycles. The van der Waals surface area contributed by atoms with Gasteiger partial charge in [-0.1, -0.05) is 60.7 Å². The molecule has 7 nitrogen and oxygen atoms in total. The summed E-state index contributed by atoms with van der Waals surface area (Å²) in [5, 5.41) is 5.12. The van der Waals surface area contributed by atoms with Crippen LogP contribution in [0.25, 0.3) is 0 Å². The average Bonchev–Trinajstić information content (AvgIpc) is 2.72. The summed E-state index contributed by atoms with van der Waals surface area (Å²) in [6.07, 6.45) is -0.466. The fourth-order valence-corrected chi connectivity index (χ4v) is 2.52. The van der Waals surface area contributed by atoms with E-state index in [1.807, 2.05) is 60.7 Å². The van der Waals surface area contributed by atoms with Crippen LogP contribution in [0.5, 0.6) is 0 Å². The third kappa shape index (κ3) is 6.75. The van der Waals surface area contributed by atoms with E-state index in [2.05, 4.69) is 15.4 Å². The van der Waals surface area contributed by atoms with E-state index in [0.29, 0.717) is 0 Å². The summed E-state index contributed by atoms with van der Waals surface area (Å²) in [6, 6.07) is 16.7. The highest BCUT2D eigenvalue weighted by atomic mass is 16.5. The third-order valence-electron chi connectivity index (χ3n) is 4.02. The third-order valence-corrected chi connectivity index (χ3v) is 4.02. The van der Waals surface area contributed by atoms with Crippen LogP contribution >= 0.6 is 0 Å². The number of nitrogens with one attached hydrogen (secondary N) is 2. The van der Waals surface area contributed by atoms with E-state index in [0.717, 1.165) is 11.1 Å². The maximum Gasteiger partial charge on any atom is 0.408 e. The molecule has 0 aliphatic carbocycles. The van der Waals surface area contributed by atoms with Crippen LogP contribution in [0.3, 0.4) is 0 Å². The first-order valence-corrected chi connectivity index (χ1v) is 8.89. The minimum absolute atomic E-state index is 0.0882. The number of carbonyl (C=O) groups excluding carboxylic acids is 3. The molecule has 0 aliphatic rings. The van der Waals surface area contributed by atoms with Crippen molar-refractivity contribution in [1.29, 1.82) is 0 Å². The molecule has 0 bridgehead atoms. The Balaban J connectivity index is 2.01. The zero-order valence-corrected chi connectivity index (χ0v) is 15.9.